The van der Waals surface area contributed by atoms with Crippen LogP contribution in [-0.4, -0.2) is 18.5 Å². The molecule has 0 aromatic rings. The van der Waals surface area contributed by atoms with Crippen molar-refractivity contribution in [2.45, 2.75) is 64.8 Å². The Morgan fingerprint density at radius 3 is 2.33 bits per heavy atom. The van der Waals surface area contributed by atoms with Crippen molar-refractivity contribution in [2.75, 3.05) is 6.54 Å². The molecule has 0 spiro atoms. The molecule has 0 radical (unpaired) electrons. The predicted octanol–water partition coefficient (Wildman–Crippen LogP) is 3.59. The molecule has 15 heavy (non-hydrogen) atoms. The molecule has 1 saturated carbocycles. The Kier molecular flexibility index (Phi) is 4.10. The van der Waals surface area contributed by atoms with Crippen LogP contribution < -0.4 is 5.32 Å². The van der Waals surface area contributed by atoms with Crippen molar-refractivity contribution in [2.24, 2.45) is 5.41 Å². The van der Waals surface area contributed by atoms with E-state index in [2.05, 4.69) is 19.2 Å². The van der Waals surface area contributed by atoms with E-state index in [1.54, 1.807) is 0 Å². The molecule has 0 saturated heterocycles. The molecule has 90 valence electrons. The fraction of sp³-hybridized carbons (Fsp3) is 1.00. The van der Waals surface area contributed by atoms with E-state index >= 15 is 0 Å². The highest BCUT2D eigenvalue weighted by Crippen LogP contribution is 2.40. The van der Waals surface area contributed by atoms with Gasteiger partial charge in [-0.1, -0.05) is 27.2 Å². The highest BCUT2D eigenvalue weighted by Gasteiger charge is 2.41. The lowest BCUT2D eigenvalue weighted by Crippen LogP contribution is -2.51. The standard InChI is InChI=1S/C12H23F2N/c1-4-15-12(10(13)14)7-5-6-11(2,3)8-9-12/h10,15H,4-9H2,1-3H3. The first kappa shape index (κ1) is 12.9. The maximum absolute atomic E-state index is 13.1. The first-order valence-corrected chi connectivity index (χ1v) is 5.95. The molecule has 0 aromatic heterocycles. The number of nitrogens with one attached hydrogen (secondary N) is 1. The maximum Gasteiger partial charge on any atom is 0.256 e. The summed E-state index contributed by atoms with van der Waals surface area (Å²) in [4.78, 5) is 0. The van der Waals surface area contributed by atoms with Crippen molar-refractivity contribution in [1.82, 2.24) is 5.32 Å². The lowest BCUT2D eigenvalue weighted by atomic mass is 9.83. The molecular formula is C12H23F2N. The molecule has 1 unspecified atom stereocenters. The molecule has 0 aromatic carbocycles. The fourth-order valence-electron chi connectivity index (χ4n) is 2.52. The van der Waals surface area contributed by atoms with Crippen LogP contribution in [0.3, 0.4) is 0 Å². The van der Waals surface area contributed by atoms with Gasteiger partial charge in [-0.25, -0.2) is 8.78 Å². The lowest BCUT2D eigenvalue weighted by molar-refractivity contribution is 0.0194. The largest absolute Gasteiger partial charge is 0.307 e. The summed E-state index contributed by atoms with van der Waals surface area (Å²) in [7, 11) is 0. The van der Waals surface area contributed by atoms with Crippen LogP contribution in [0.4, 0.5) is 8.78 Å². The Hall–Kier alpha value is -0.180. The third-order valence-corrected chi connectivity index (χ3v) is 3.67. The van der Waals surface area contributed by atoms with E-state index in [1.807, 2.05) is 6.92 Å². The van der Waals surface area contributed by atoms with Crippen molar-refractivity contribution >= 4 is 0 Å². The first-order chi connectivity index (χ1) is 6.92. The molecular weight excluding hydrogens is 196 g/mol. The number of hydrogen-bond acceptors (Lipinski definition) is 1. The number of hydrogen-bond donors (Lipinski definition) is 1. The van der Waals surface area contributed by atoms with Gasteiger partial charge in [-0.15, -0.1) is 0 Å². The van der Waals surface area contributed by atoms with Gasteiger partial charge in [-0.3, -0.25) is 0 Å². The van der Waals surface area contributed by atoms with Crippen LogP contribution in [0.5, 0.6) is 0 Å². The van der Waals surface area contributed by atoms with Crippen molar-refractivity contribution in [1.29, 1.82) is 0 Å². The molecule has 1 atom stereocenters. The number of alkyl halides is 2. The summed E-state index contributed by atoms with van der Waals surface area (Å²) in [5.41, 5.74) is -0.686. The van der Waals surface area contributed by atoms with Crippen LogP contribution in [0.1, 0.15) is 52.9 Å². The van der Waals surface area contributed by atoms with E-state index in [1.165, 1.54) is 0 Å². The topological polar surface area (TPSA) is 12.0 Å². The molecule has 1 aliphatic rings. The average Bonchev–Trinajstić information content (AvgIpc) is 2.27. The van der Waals surface area contributed by atoms with Crippen LogP contribution >= 0.6 is 0 Å². The van der Waals surface area contributed by atoms with Crippen molar-refractivity contribution in [3.63, 3.8) is 0 Å². The van der Waals surface area contributed by atoms with Gasteiger partial charge in [-0.05, 0) is 37.6 Å². The van der Waals surface area contributed by atoms with E-state index in [9.17, 15) is 8.78 Å². The van der Waals surface area contributed by atoms with E-state index in [0.717, 1.165) is 19.3 Å². The molecule has 3 heteroatoms. The minimum Gasteiger partial charge on any atom is -0.307 e. The molecule has 0 amide bonds. The third kappa shape index (κ3) is 3.13. The Morgan fingerprint density at radius 1 is 1.13 bits per heavy atom. The summed E-state index contributed by atoms with van der Waals surface area (Å²) in [6.45, 7) is 6.89. The van der Waals surface area contributed by atoms with E-state index < -0.39 is 12.0 Å². The molecule has 1 rings (SSSR count). The SMILES string of the molecule is CCNC1(C(F)F)CCCC(C)(C)CC1. The van der Waals surface area contributed by atoms with Gasteiger partial charge in [-0.2, -0.15) is 0 Å². The van der Waals surface area contributed by atoms with Gasteiger partial charge >= 0.3 is 0 Å². The van der Waals surface area contributed by atoms with Gasteiger partial charge < -0.3 is 5.32 Å². The van der Waals surface area contributed by atoms with Gasteiger partial charge in [0.1, 0.15) is 0 Å². The highest BCUT2D eigenvalue weighted by molar-refractivity contribution is 4.94. The molecule has 1 N–H and O–H groups in total. The molecule has 1 fully saturated rings. The number of halogens is 2. The van der Waals surface area contributed by atoms with E-state index in [4.69, 9.17) is 0 Å². The Balaban J connectivity index is 2.73. The zero-order valence-electron chi connectivity index (χ0n) is 10.1. The summed E-state index contributed by atoms with van der Waals surface area (Å²) >= 11 is 0. The Morgan fingerprint density at radius 2 is 1.80 bits per heavy atom. The second-order valence-corrected chi connectivity index (χ2v) is 5.50. The maximum atomic E-state index is 13.1. The van der Waals surface area contributed by atoms with Crippen LogP contribution in [0.25, 0.3) is 0 Å². The van der Waals surface area contributed by atoms with Crippen molar-refractivity contribution in [3.05, 3.63) is 0 Å². The Bertz CT molecular complexity index is 204. The third-order valence-electron chi connectivity index (χ3n) is 3.67. The second-order valence-electron chi connectivity index (χ2n) is 5.50. The molecule has 1 nitrogen and oxygen atoms in total. The Labute approximate surface area is 91.6 Å². The predicted molar refractivity (Wildman–Crippen MR) is 59.3 cm³/mol. The minimum absolute atomic E-state index is 0.228. The highest BCUT2D eigenvalue weighted by atomic mass is 19.3. The van der Waals surface area contributed by atoms with E-state index in [-0.39, 0.29) is 5.41 Å². The zero-order chi connectivity index (χ0) is 11.5. The van der Waals surface area contributed by atoms with Crippen molar-refractivity contribution < 1.29 is 8.78 Å². The van der Waals surface area contributed by atoms with Crippen LogP contribution in [0.15, 0.2) is 0 Å². The summed E-state index contributed by atoms with van der Waals surface area (Å²) < 4.78 is 26.3. The van der Waals surface area contributed by atoms with Crippen LogP contribution in [0, 0.1) is 5.41 Å². The van der Waals surface area contributed by atoms with Gasteiger partial charge in [0, 0.05) is 0 Å². The smallest absolute Gasteiger partial charge is 0.256 e. The average molecular weight is 219 g/mol. The normalized spacial score (nSPS) is 31.6. The molecule has 1 aliphatic carbocycles. The lowest BCUT2D eigenvalue weighted by Gasteiger charge is -2.33. The fourth-order valence-corrected chi connectivity index (χ4v) is 2.52. The molecule has 0 aliphatic heterocycles. The number of rotatable bonds is 3. The molecule has 0 bridgehead atoms. The van der Waals surface area contributed by atoms with E-state index in [0.29, 0.717) is 19.4 Å². The minimum atomic E-state index is -2.24. The summed E-state index contributed by atoms with van der Waals surface area (Å²) in [6, 6.07) is 0. The van der Waals surface area contributed by atoms with Crippen LogP contribution in [0.2, 0.25) is 0 Å². The summed E-state index contributed by atoms with van der Waals surface area (Å²) in [5.74, 6) is 0. The summed E-state index contributed by atoms with van der Waals surface area (Å²) in [5, 5.41) is 3.03. The monoisotopic (exact) mass is 219 g/mol. The van der Waals surface area contributed by atoms with Gasteiger partial charge in [0.25, 0.3) is 6.43 Å². The summed E-state index contributed by atoms with van der Waals surface area (Å²) in [6.07, 6.45) is 1.83. The van der Waals surface area contributed by atoms with Gasteiger partial charge in [0.15, 0.2) is 0 Å². The van der Waals surface area contributed by atoms with Gasteiger partial charge in [0.2, 0.25) is 0 Å². The van der Waals surface area contributed by atoms with Gasteiger partial charge in [0.05, 0.1) is 5.54 Å². The first-order valence-electron chi connectivity index (χ1n) is 5.95. The zero-order valence-corrected chi connectivity index (χ0v) is 10.1. The van der Waals surface area contributed by atoms with Crippen molar-refractivity contribution in [3.8, 4) is 0 Å². The second kappa shape index (κ2) is 4.77. The molecule has 0 heterocycles. The van der Waals surface area contributed by atoms with Crippen LogP contribution in [-0.2, 0) is 0 Å². The quantitative estimate of drug-likeness (QED) is 0.715.